The van der Waals surface area contributed by atoms with E-state index in [0.717, 1.165) is 35.7 Å². The van der Waals surface area contributed by atoms with E-state index in [1.807, 2.05) is 0 Å². The van der Waals surface area contributed by atoms with E-state index in [2.05, 4.69) is 49.8 Å². The molecule has 3 aromatic rings. The highest BCUT2D eigenvalue weighted by atomic mass is 31.1. The molecule has 3 aliphatic rings. The number of anilines is 3. The molecule has 3 heterocycles. The van der Waals surface area contributed by atoms with Crippen LogP contribution in [0.15, 0.2) is 24.4 Å². The summed E-state index contributed by atoms with van der Waals surface area (Å²) in [7, 11) is 1.57. The first-order chi connectivity index (χ1) is 17.2. The average Bonchev–Trinajstić information content (AvgIpc) is 3.45. The molecular formula is C26H32N7OP. The molecule has 3 N–H and O–H groups in total. The zero-order valence-electron chi connectivity index (χ0n) is 20.2. The van der Waals surface area contributed by atoms with Crippen LogP contribution >= 0.6 is 7.92 Å². The van der Waals surface area contributed by atoms with Crippen molar-refractivity contribution in [1.82, 2.24) is 19.9 Å². The molecule has 0 bridgehead atoms. The summed E-state index contributed by atoms with van der Waals surface area (Å²) < 4.78 is 5.78. The maximum atomic E-state index is 9.57. The van der Waals surface area contributed by atoms with Gasteiger partial charge in [0.25, 0.3) is 0 Å². The quantitative estimate of drug-likeness (QED) is 0.420. The van der Waals surface area contributed by atoms with Crippen LogP contribution in [0.2, 0.25) is 0 Å². The van der Waals surface area contributed by atoms with Crippen LogP contribution in [-0.4, -0.2) is 64.5 Å². The van der Waals surface area contributed by atoms with Crippen LogP contribution in [0.1, 0.15) is 44.1 Å². The third kappa shape index (κ3) is 4.68. The summed E-state index contributed by atoms with van der Waals surface area (Å²) >= 11 is 0. The molecule has 0 atom stereocenters. The lowest BCUT2D eigenvalue weighted by Gasteiger charge is -2.32. The van der Waals surface area contributed by atoms with Gasteiger partial charge in [-0.1, -0.05) is 26.8 Å². The second-order valence-electron chi connectivity index (χ2n) is 9.82. The summed E-state index contributed by atoms with van der Waals surface area (Å²) in [6.45, 7) is 2.45. The Balaban J connectivity index is 1.25. The minimum absolute atomic E-state index is 0.146. The molecule has 8 nitrogen and oxygen atoms in total. The van der Waals surface area contributed by atoms with E-state index >= 15 is 0 Å². The number of nitrogens with one attached hydrogen (secondary N) is 3. The molecule has 9 heteroatoms. The van der Waals surface area contributed by atoms with Crippen molar-refractivity contribution in [3.63, 3.8) is 0 Å². The number of hydrogen-bond donors (Lipinski definition) is 3. The van der Waals surface area contributed by atoms with Gasteiger partial charge in [-0.05, 0) is 55.4 Å². The summed E-state index contributed by atoms with van der Waals surface area (Å²) in [5.41, 5.74) is 2.06. The SMILES string of the molecule is COc1cc(P2CCN(C3CC3)CC2)ccc1Nc1nc(NC2CCCC2)c2c(C#N)c[nH]c2n1. The molecule has 1 aromatic carbocycles. The molecule has 1 aliphatic heterocycles. The first-order valence-corrected chi connectivity index (χ1v) is 14.4. The second-order valence-corrected chi connectivity index (χ2v) is 12.3. The summed E-state index contributed by atoms with van der Waals surface area (Å²) in [5, 5.41) is 18.7. The van der Waals surface area contributed by atoms with E-state index in [-0.39, 0.29) is 7.92 Å². The van der Waals surface area contributed by atoms with Crippen LogP contribution in [0.25, 0.3) is 11.0 Å². The van der Waals surface area contributed by atoms with E-state index in [9.17, 15) is 5.26 Å². The van der Waals surface area contributed by atoms with Gasteiger partial charge in [-0.15, -0.1) is 0 Å². The minimum atomic E-state index is -0.146. The molecule has 3 fully saturated rings. The molecule has 2 aliphatic carbocycles. The maximum Gasteiger partial charge on any atom is 0.231 e. The van der Waals surface area contributed by atoms with E-state index < -0.39 is 0 Å². The van der Waals surface area contributed by atoms with Crippen LogP contribution < -0.4 is 20.7 Å². The Kier molecular flexibility index (Phi) is 6.22. The van der Waals surface area contributed by atoms with Crippen molar-refractivity contribution in [2.45, 2.75) is 50.6 Å². The Morgan fingerprint density at radius 2 is 1.94 bits per heavy atom. The lowest BCUT2D eigenvalue weighted by atomic mass is 10.2. The van der Waals surface area contributed by atoms with Gasteiger partial charge in [0, 0.05) is 31.4 Å². The number of ether oxygens (including phenoxy) is 1. The molecule has 2 saturated carbocycles. The summed E-state index contributed by atoms with van der Waals surface area (Å²) in [4.78, 5) is 15.3. The Bertz CT molecular complexity index is 1250. The van der Waals surface area contributed by atoms with Crippen LogP contribution in [0.4, 0.5) is 17.5 Å². The lowest BCUT2D eigenvalue weighted by Crippen LogP contribution is -2.37. The fourth-order valence-corrected chi connectivity index (χ4v) is 7.75. The Hall–Kier alpha value is -2.88. The van der Waals surface area contributed by atoms with Gasteiger partial charge in [-0.25, -0.2) is 0 Å². The molecular weight excluding hydrogens is 457 g/mol. The summed E-state index contributed by atoms with van der Waals surface area (Å²) in [6, 6.07) is 10.0. The number of methoxy groups -OCH3 is 1. The van der Waals surface area contributed by atoms with Crippen molar-refractivity contribution < 1.29 is 4.74 Å². The summed E-state index contributed by atoms with van der Waals surface area (Å²) in [6.07, 6.45) is 11.7. The monoisotopic (exact) mass is 489 g/mol. The molecule has 182 valence electrons. The minimum Gasteiger partial charge on any atom is -0.495 e. The predicted octanol–water partition coefficient (Wildman–Crippen LogP) is 4.52. The van der Waals surface area contributed by atoms with Crippen molar-refractivity contribution in [2.24, 2.45) is 0 Å². The zero-order valence-corrected chi connectivity index (χ0v) is 21.1. The number of fused-ring (bicyclic) bond motifs is 1. The number of rotatable bonds is 7. The van der Waals surface area contributed by atoms with E-state index in [0.29, 0.717) is 29.0 Å². The van der Waals surface area contributed by atoms with Crippen molar-refractivity contribution in [3.8, 4) is 11.8 Å². The molecule has 35 heavy (non-hydrogen) atoms. The van der Waals surface area contributed by atoms with Crippen LogP contribution in [0.5, 0.6) is 5.75 Å². The second kappa shape index (κ2) is 9.64. The van der Waals surface area contributed by atoms with Gasteiger partial charge in [0.1, 0.15) is 23.3 Å². The third-order valence-electron chi connectivity index (χ3n) is 7.52. The lowest BCUT2D eigenvalue weighted by molar-refractivity contribution is 0.290. The smallest absolute Gasteiger partial charge is 0.231 e. The van der Waals surface area contributed by atoms with Gasteiger partial charge in [0.05, 0.1) is 23.7 Å². The largest absolute Gasteiger partial charge is 0.495 e. The van der Waals surface area contributed by atoms with Crippen LogP contribution in [-0.2, 0) is 0 Å². The van der Waals surface area contributed by atoms with Crippen LogP contribution in [0.3, 0.4) is 0 Å². The van der Waals surface area contributed by atoms with Crippen LogP contribution in [0, 0.1) is 11.3 Å². The molecule has 0 unspecified atom stereocenters. The van der Waals surface area contributed by atoms with Gasteiger partial charge in [0.15, 0.2) is 0 Å². The average molecular weight is 490 g/mol. The zero-order chi connectivity index (χ0) is 23.8. The van der Waals surface area contributed by atoms with E-state index in [1.54, 1.807) is 13.3 Å². The number of H-pyrrole nitrogens is 1. The first-order valence-electron chi connectivity index (χ1n) is 12.7. The van der Waals surface area contributed by atoms with Gasteiger partial charge in [-0.2, -0.15) is 15.2 Å². The predicted molar refractivity (Wildman–Crippen MR) is 142 cm³/mol. The Labute approximate surface area is 207 Å². The number of benzene rings is 1. The molecule has 0 radical (unpaired) electrons. The highest BCUT2D eigenvalue weighted by Gasteiger charge is 2.32. The Morgan fingerprint density at radius 3 is 2.66 bits per heavy atom. The summed E-state index contributed by atoms with van der Waals surface area (Å²) in [5.74, 6) is 2.01. The van der Waals surface area contributed by atoms with Crippen molar-refractivity contribution in [2.75, 3.05) is 43.2 Å². The Morgan fingerprint density at radius 1 is 1.14 bits per heavy atom. The fourth-order valence-electron chi connectivity index (χ4n) is 5.43. The van der Waals surface area contributed by atoms with Crippen molar-refractivity contribution in [1.29, 1.82) is 5.26 Å². The molecule has 0 amide bonds. The molecule has 6 rings (SSSR count). The normalized spacial score (nSPS) is 19.7. The van der Waals surface area contributed by atoms with Gasteiger partial charge >= 0.3 is 0 Å². The standard InChI is InChI=1S/C26H32N7OP/c1-34-22-14-20(35-12-10-33(11-13-35)19-6-7-19)8-9-21(22)30-26-31-24-23(17(15-27)16-28-24)25(32-26)29-18-4-2-3-5-18/h8-9,14,16,18-19H,2-7,10-13H2,1H3,(H3,28,29,30,31,32). The van der Waals surface area contributed by atoms with Gasteiger partial charge in [-0.3, -0.25) is 4.90 Å². The maximum absolute atomic E-state index is 9.57. The molecule has 0 spiro atoms. The molecule has 1 saturated heterocycles. The number of hydrogen-bond acceptors (Lipinski definition) is 7. The first kappa shape index (κ1) is 22.6. The van der Waals surface area contributed by atoms with E-state index in [1.165, 1.54) is 56.4 Å². The number of aromatic nitrogens is 3. The van der Waals surface area contributed by atoms with Gasteiger partial charge < -0.3 is 20.4 Å². The number of nitrogens with zero attached hydrogens (tertiary/aromatic N) is 4. The fraction of sp³-hybridized carbons (Fsp3) is 0.500. The topological polar surface area (TPSA) is 102 Å². The number of nitriles is 1. The van der Waals surface area contributed by atoms with Crippen molar-refractivity contribution >= 4 is 41.7 Å². The number of aromatic amines is 1. The third-order valence-corrected chi connectivity index (χ3v) is 10.0. The van der Waals surface area contributed by atoms with Crippen molar-refractivity contribution in [3.05, 3.63) is 30.0 Å². The molecule has 2 aromatic heterocycles. The van der Waals surface area contributed by atoms with E-state index in [4.69, 9.17) is 9.72 Å². The van der Waals surface area contributed by atoms with Gasteiger partial charge in [0.2, 0.25) is 5.95 Å². The highest BCUT2D eigenvalue weighted by molar-refractivity contribution is 7.65. The highest BCUT2D eigenvalue weighted by Crippen LogP contribution is 2.42.